The molecule has 1 N–H and O–H groups in total. The van der Waals surface area contributed by atoms with Crippen LogP contribution in [0, 0.1) is 11.8 Å². The van der Waals surface area contributed by atoms with Gasteiger partial charge in [0.05, 0.1) is 24.7 Å². The van der Waals surface area contributed by atoms with E-state index in [1.807, 2.05) is 18.7 Å². The minimum absolute atomic E-state index is 0.0138. The van der Waals surface area contributed by atoms with Gasteiger partial charge in [-0.1, -0.05) is 19.8 Å². The molecule has 0 aromatic rings. The lowest BCUT2D eigenvalue weighted by Crippen LogP contribution is -2.46. The number of carbonyl (C=O) groups excluding carboxylic acids is 1. The molecule has 0 bridgehead atoms. The van der Waals surface area contributed by atoms with Crippen LogP contribution in [0.4, 0.5) is 0 Å². The molecule has 4 atom stereocenters. The number of nitrogens with zero attached hydrogens (tertiary/aromatic N) is 1. The maximum Gasteiger partial charge on any atom is 0.228 e. The Morgan fingerprint density at radius 3 is 2.32 bits per heavy atom. The highest BCUT2D eigenvalue weighted by molar-refractivity contribution is 5.80. The van der Waals surface area contributed by atoms with Gasteiger partial charge >= 0.3 is 0 Å². The smallest absolute Gasteiger partial charge is 0.228 e. The molecule has 4 heteroatoms. The van der Waals surface area contributed by atoms with Crippen LogP contribution in [0.3, 0.4) is 0 Å². The summed E-state index contributed by atoms with van der Waals surface area (Å²) in [5.74, 6) is 0.387. The summed E-state index contributed by atoms with van der Waals surface area (Å²) in [6, 6.07) is 0.329. The molecule has 0 radical (unpaired) electrons. The largest absolute Gasteiger partial charge is 0.395 e. The van der Waals surface area contributed by atoms with E-state index >= 15 is 0 Å². The summed E-state index contributed by atoms with van der Waals surface area (Å²) in [4.78, 5) is 14.7. The molecule has 1 saturated carbocycles. The first-order valence-electron chi connectivity index (χ1n) is 7.63. The Labute approximate surface area is 116 Å². The first kappa shape index (κ1) is 14.8. The van der Waals surface area contributed by atoms with Crippen LogP contribution in [0.1, 0.15) is 46.5 Å². The third-order valence-corrected chi connectivity index (χ3v) is 4.92. The van der Waals surface area contributed by atoms with Crippen molar-refractivity contribution in [2.24, 2.45) is 11.8 Å². The highest BCUT2D eigenvalue weighted by Crippen LogP contribution is 2.35. The normalized spacial score (nSPS) is 35.8. The zero-order chi connectivity index (χ0) is 14.0. The lowest BCUT2D eigenvalue weighted by molar-refractivity contribution is -0.140. The van der Waals surface area contributed by atoms with Crippen molar-refractivity contribution in [3.8, 4) is 0 Å². The summed E-state index contributed by atoms with van der Waals surface area (Å²) < 4.78 is 5.79. The molecule has 0 aromatic carbocycles. The Morgan fingerprint density at radius 1 is 1.21 bits per heavy atom. The van der Waals surface area contributed by atoms with E-state index in [1.165, 1.54) is 12.8 Å². The average Bonchev–Trinajstić information content (AvgIpc) is 2.96. The van der Waals surface area contributed by atoms with Gasteiger partial charge in [0, 0.05) is 12.6 Å². The van der Waals surface area contributed by atoms with Gasteiger partial charge in [-0.2, -0.15) is 0 Å². The van der Waals surface area contributed by atoms with Crippen molar-refractivity contribution in [3.05, 3.63) is 0 Å². The second-order valence-corrected chi connectivity index (χ2v) is 6.12. The highest BCUT2D eigenvalue weighted by Gasteiger charge is 2.44. The molecule has 110 valence electrons. The lowest BCUT2D eigenvalue weighted by Gasteiger charge is -2.32. The molecule has 2 rings (SSSR count). The van der Waals surface area contributed by atoms with Crippen LogP contribution in [0.25, 0.3) is 0 Å². The summed E-state index contributed by atoms with van der Waals surface area (Å²) >= 11 is 0. The molecule has 1 aliphatic carbocycles. The van der Waals surface area contributed by atoms with Gasteiger partial charge in [-0.3, -0.25) is 4.79 Å². The quantitative estimate of drug-likeness (QED) is 0.847. The van der Waals surface area contributed by atoms with E-state index in [4.69, 9.17) is 4.74 Å². The molecular formula is C15H27NO3. The average molecular weight is 269 g/mol. The van der Waals surface area contributed by atoms with Crippen molar-refractivity contribution >= 4 is 5.91 Å². The second kappa shape index (κ2) is 6.23. The first-order chi connectivity index (χ1) is 9.06. The summed E-state index contributed by atoms with van der Waals surface area (Å²) in [6.07, 6.45) is 4.68. The minimum atomic E-state index is -0.0536. The van der Waals surface area contributed by atoms with E-state index in [1.54, 1.807) is 0 Å². The Morgan fingerprint density at radius 2 is 1.84 bits per heavy atom. The van der Waals surface area contributed by atoms with Crippen LogP contribution in [-0.4, -0.2) is 47.3 Å². The van der Waals surface area contributed by atoms with E-state index in [0.29, 0.717) is 12.6 Å². The van der Waals surface area contributed by atoms with Crippen LogP contribution in [-0.2, 0) is 9.53 Å². The van der Waals surface area contributed by atoms with E-state index in [2.05, 4.69) is 6.92 Å². The Kier molecular flexibility index (Phi) is 4.85. The van der Waals surface area contributed by atoms with Crippen molar-refractivity contribution in [3.63, 3.8) is 0 Å². The molecule has 19 heavy (non-hydrogen) atoms. The van der Waals surface area contributed by atoms with E-state index in [-0.39, 0.29) is 36.6 Å². The maximum atomic E-state index is 12.8. The van der Waals surface area contributed by atoms with Gasteiger partial charge in [0.2, 0.25) is 5.91 Å². The topological polar surface area (TPSA) is 49.8 Å². The molecule has 1 aliphatic heterocycles. The van der Waals surface area contributed by atoms with Crippen molar-refractivity contribution in [1.82, 2.24) is 4.90 Å². The molecule has 4 unspecified atom stereocenters. The zero-order valence-corrected chi connectivity index (χ0v) is 12.3. The Bertz CT molecular complexity index is 315. The van der Waals surface area contributed by atoms with Crippen LogP contribution in [0.2, 0.25) is 0 Å². The van der Waals surface area contributed by atoms with E-state index in [0.717, 1.165) is 12.8 Å². The van der Waals surface area contributed by atoms with Crippen molar-refractivity contribution in [2.45, 2.75) is 64.7 Å². The monoisotopic (exact) mass is 269 g/mol. The molecule has 2 aliphatic rings. The molecular weight excluding hydrogens is 242 g/mol. The molecule has 1 saturated heterocycles. The third kappa shape index (κ3) is 2.95. The molecule has 1 amide bonds. The van der Waals surface area contributed by atoms with Crippen molar-refractivity contribution in [2.75, 3.05) is 13.2 Å². The molecule has 2 fully saturated rings. The van der Waals surface area contributed by atoms with Crippen LogP contribution in [0.5, 0.6) is 0 Å². The fourth-order valence-electron chi connectivity index (χ4n) is 3.68. The van der Waals surface area contributed by atoms with Gasteiger partial charge in [-0.05, 0) is 32.6 Å². The standard InChI is InChI=1S/C15H27NO3/c1-10-11(2)19-12(3)14(10)15(18)16(8-9-17)13-6-4-5-7-13/h10-14,17H,4-9H2,1-3H3. The molecule has 4 nitrogen and oxygen atoms in total. The first-order valence-corrected chi connectivity index (χ1v) is 7.63. The Balaban J connectivity index is 2.10. The summed E-state index contributed by atoms with van der Waals surface area (Å²) in [5, 5.41) is 9.25. The van der Waals surface area contributed by atoms with Crippen molar-refractivity contribution in [1.29, 1.82) is 0 Å². The van der Waals surface area contributed by atoms with E-state index < -0.39 is 0 Å². The lowest BCUT2D eigenvalue weighted by atomic mass is 9.88. The van der Waals surface area contributed by atoms with Crippen molar-refractivity contribution < 1.29 is 14.6 Å². The number of hydrogen-bond donors (Lipinski definition) is 1. The summed E-state index contributed by atoms with van der Waals surface area (Å²) in [7, 11) is 0. The Hall–Kier alpha value is -0.610. The van der Waals surface area contributed by atoms with Gasteiger partial charge < -0.3 is 14.7 Å². The van der Waals surface area contributed by atoms with Crippen LogP contribution >= 0.6 is 0 Å². The highest BCUT2D eigenvalue weighted by atomic mass is 16.5. The van der Waals surface area contributed by atoms with Gasteiger partial charge in [-0.25, -0.2) is 0 Å². The van der Waals surface area contributed by atoms with Gasteiger partial charge in [0.15, 0.2) is 0 Å². The predicted octanol–water partition coefficient (Wildman–Crippen LogP) is 1.81. The van der Waals surface area contributed by atoms with Crippen LogP contribution < -0.4 is 0 Å². The predicted molar refractivity (Wildman–Crippen MR) is 73.7 cm³/mol. The fourth-order valence-corrected chi connectivity index (χ4v) is 3.68. The summed E-state index contributed by atoms with van der Waals surface area (Å²) in [6.45, 7) is 6.65. The maximum absolute atomic E-state index is 12.8. The minimum Gasteiger partial charge on any atom is -0.395 e. The molecule has 0 aromatic heterocycles. The number of aliphatic hydroxyl groups is 1. The SMILES string of the molecule is CC1OC(C)C(C(=O)N(CCO)C2CCCC2)C1C. The fraction of sp³-hybridized carbons (Fsp3) is 0.933. The van der Waals surface area contributed by atoms with Gasteiger partial charge in [0.25, 0.3) is 0 Å². The molecule has 0 spiro atoms. The number of carbonyl (C=O) groups is 1. The summed E-state index contributed by atoms with van der Waals surface area (Å²) in [5.41, 5.74) is 0. The number of amides is 1. The third-order valence-electron chi connectivity index (χ3n) is 4.92. The van der Waals surface area contributed by atoms with Gasteiger partial charge in [-0.15, -0.1) is 0 Å². The van der Waals surface area contributed by atoms with Gasteiger partial charge in [0.1, 0.15) is 0 Å². The zero-order valence-electron chi connectivity index (χ0n) is 12.3. The number of aliphatic hydroxyl groups excluding tert-OH is 1. The second-order valence-electron chi connectivity index (χ2n) is 6.12. The van der Waals surface area contributed by atoms with E-state index in [9.17, 15) is 9.90 Å². The number of hydrogen-bond acceptors (Lipinski definition) is 3. The number of rotatable bonds is 4. The number of ether oxygens (including phenoxy) is 1. The van der Waals surface area contributed by atoms with Crippen LogP contribution in [0.15, 0.2) is 0 Å². The molecule has 1 heterocycles.